The number of halogens is 1. The minimum Gasteiger partial charge on any atom is -0.350 e. The van der Waals surface area contributed by atoms with Crippen molar-refractivity contribution in [1.82, 2.24) is 10.2 Å². The number of likely N-dealkylation sites (N-methyl/N-ethyl adjacent to an activating group) is 1. The molecule has 2 amide bonds. The van der Waals surface area contributed by atoms with E-state index in [-0.39, 0.29) is 18.4 Å². The number of allylic oxidation sites excluding steroid dienone is 3. The molecule has 0 aromatic heterocycles. The Labute approximate surface area is 136 Å². The number of rotatable bonds is 7. The van der Waals surface area contributed by atoms with Crippen LogP contribution in [0.2, 0.25) is 5.02 Å². The molecule has 0 aliphatic rings. The number of carbonyl (C=O) groups is 2. The lowest BCUT2D eigenvalue weighted by Crippen LogP contribution is -2.39. The van der Waals surface area contributed by atoms with Crippen molar-refractivity contribution in [2.75, 3.05) is 13.1 Å². The van der Waals surface area contributed by atoms with Gasteiger partial charge >= 0.3 is 0 Å². The molecule has 0 radical (unpaired) electrons. The zero-order valence-electron chi connectivity index (χ0n) is 12.9. The highest BCUT2D eigenvalue weighted by molar-refractivity contribution is 6.30. The zero-order chi connectivity index (χ0) is 16.4. The lowest BCUT2D eigenvalue weighted by Gasteiger charge is -2.18. The second-order valence-electron chi connectivity index (χ2n) is 4.64. The van der Waals surface area contributed by atoms with Gasteiger partial charge in [-0.3, -0.25) is 9.59 Å². The second-order valence-corrected chi connectivity index (χ2v) is 5.08. The van der Waals surface area contributed by atoms with Crippen molar-refractivity contribution in [2.24, 2.45) is 0 Å². The average molecular weight is 321 g/mol. The molecule has 22 heavy (non-hydrogen) atoms. The van der Waals surface area contributed by atoms with Gasteiger partial charge in [-0.15, -0.1) is 0 Å². The topological polar surface area (TPSA) is 49.4 Å². The van der Waals surface area contributed by atoms with Crippen LogP contribution in [0.5, 0.6) is 0 Å². The van der Waals surface area contributed by atoms with Gasteiger partial charge in [0.15, 0.2) is 0 Å². The third-order valence-corrected chi connectivity index (χ3v) is 3.23. The van der Waals surface area contributed by atoms with Gasteiger partial charge in [0.1, 0.15) is 0 Å². The van der Waals surface area contributed by atoms with E-state index in [0.717, 1.165) is 5.56 Å². The second kappa shape index (κ2) is 9.79. The van der Waals surface area contributed by atoms with Crippen molar-refractivity contribution in [1.29, 1.82) is 0 Å². The predicted octanol–water partition coefficient (Wildman–Crippen LogP) is 2.94. The Balaban J connectivity index is 2.47. The van der Waals surface area contributed by atoms with Crippen molar-refractivity contribution >= 4 is 23.4 Å². The molecule has 1 rings (SSSR count). The van der Waals surface area contributed by atoms with E-state index in [4.69, 9.17) is 11.6 Å². The van der Waals surface area contributed by atoms with Gasteiger partial charge in [-0.25, -0.2) is 0 Å². The van der Waals surface area contributed by atoms with Crippen LogP contribution in [0.4, 0.5) is 0 Å². The molecule has 0 fully saturated rings. The molecule has 0 saturated carbocycles. The number of benzene rings is 1. The van der Waals surface area contributed by atoms with Gasteiger partial charge in [-0.1, -0.05) is 42.0 Å². The maximum atomic E-state index is 11.9. The van der Waals surface area contributed by atoms with Gasteiger partial charge in [-0.05, 0) is 31.5 Å². The fraction of sp³-hybridized carbons (Fsp3) is 0.294. The zero-order valence-corrected chi connectivity index (χ0v) is 13.6. The molecular weight excluding hydrogens is 300 g/mol. The monoisotopic (exact) mass is 320 g/mol. The summed E-state index contributed by atoms with van der Waals surface area (Å²) in [4.78, 5) is 25.3. The van der Waals surface area contributed by atoms with Crippen LogP contribution in [0.1, 0.15) is 19.4 Å². The Bertz CT molecular complexity index is 550. The van der Waals surface area contributed by atoms with E-state index >= 15 is 0 Å². The van der Waals surface area contributed by atoms with E-state index in [9.17, 15) is 9.59 Å². The van der Waals surface area contributed by atoms with Crippen LogP contribution in [0.25, 0.3) is 0 Å². The van der Waals surface area contributed by atoms with Crippen molar-refractivity contribution < 1.29 is 9.59 Å². The number of hydrogen-bond acceptors (Lipinski definition) is 2. The van der Waals surface area contributed by atoms with E-state index in [0.29, 0.717) is 18.1 Å². The van der Waals surface area contributed by atoms with Crippen LogP contribution in [-0.4, -0.2) is 29.8 Å². The highest BCUT2D eigenvalue weighted by atomic mass is 35.5. The normalized spacial score (nSPS) is 11.0. The quantitative estimate of drug-likeness (QED) is 0.620. The summed E-state index contributed by atoms with van der Waals surface area (Å²) >= 11 is 5.81. The van der Waals surface area contributed by atoms with E-state index in [1.54, 1.807) is 24.3 Å². The summed E-state index contributed by atoms with van der Waals surface area (Å²) in [6, 6.07) is 7.25. The minimum atomic E-state index is -0.190. The van der Waals surface area contributed by atoms with Crippen LogP contribution in [0.3, 0.4) is 0 Å². The number of nitrogens with one attached hydrogen (secondary N) is 1. The molecule has 4 nitrogen and oxygen atoms in total. The van der Waals surface area contributed by atoms with Crippen LogP contribution in [0, 0.1) is 0 Å². The molecule has 1 aromatic rings. The summed E-state index contributed by atoms with van der Waals surface area (Å²) < 4.78 is 0. The molecule has 0 aliphatic heterocycles. The third-order valence-electron chi connectivity index (χ3n) is 2.97. The molecule has 1 aromatic carbocycles. The Morgan fingerprint density at radius 2 is 1.91 bits per heavy atom. The Morgan fingerprint density at radius 3 is 2.50 bits per heavy atom. The maximum absolute atomic E-state index is 11.9. The first-order valence-corrected chi connectivity index (χ1v) is 7.54. The molecule has 0 heterocycles. The highest BCUT2D eigenvalue weighted by Gasteiger charge is 2.12. The van der Waals surface area contributed by atoms with Crippen LogP contribution in [-0.2, 0) is 16.1 Å². The van der Waals surface area contributed by atoms with E-state index in [2.05, 4.69) is 5.32 Å². The van der Waals surface area contributed by atoms with E-state index in [1.807, 2.05) is 32.1 Å². The number of hydrogen-bond donors (Lipinski definition) is 1. The molecule has 0 bridgehead atoms. The van der Waals surface area contributed by atoms with Gasteiger partial charge in [0.2, 0.25) is 11.8 Å². The van der Waals surface area contributed by atoms with Crippen molar-refractivity contribution in [3.8, 4) is 0 Å². The summed E-state index contributed by atoms with van der Waals surface area (Å²) in [5.74, 6) is -0.369. The van der Waals surface area contributed by atoms with E-state index < -0.39 is 0 Å². The Kier molecular flexibility index (Phi) is 8.00. The van der Waals surface area contributed by atoms with Crippen LogP contribution in [0.15, 0.2) is 48.6 Å². The fourth-order valence-electron chi connectivity index (χ4n) is 1.73. The summed E-state index contributed by atoms with van der Waals surface area (Å²) in [5.41, 5.74) is 0.958. The summed E-state index contributed by atoms with van der Waals surface area (Å²) in [5, 5.41) is 3.45. The average Bonchev–Trinajstić information content (AvgIpc) is 2.52. The number of nitrogens with zero attached hydrogens (tertiary/aromatic N) is 1. The minimum absolute atomic E-state index is 0.0447. The van der Waals surface area contributed by atoms with Crippen LogP contribution < -0.4 is 5.32 Å². The van der Waals surface area contributed by atoms with E-state index in [1.165, 1.54) is 11.0 Å². The molecule has 0 unspecified atom stereocenters. The molecule has 0 spiro atoms. The highest BCUT2D eigenvalue weighted by Crippen LogP contribution is 2.09. The SMILES string of the molecule is C/C=C/C=C/C(=O)N(CC)CC(=O)NCc1ccc(Cl)cc1. The fourth-order valence-corrected chi connectivity index (χ4v) is 1.86. The third kappa shape index (κ3) is 6.59. The lowest BCUT2D eigenvalue weighted by atomic mass is 10.2. The first-order valence-electron chi connectivity index (χ1n) is 7.16. The number of carbonyl (C=O) groups excluding carboxylic acids is 2. The molecule has 5 heteroatoms. The van der Waals surface area contributed by atoms with Crippen LogP contribution >= 0.6 is 11.6 Å². The Morgan fingerprint density at radius 1 is 1.23 bits per heavy atom. The van der Waals surface area contributed by atoms with Gasteiger partial charge in [0, 0.05) is 24.2 Å². The molecule has 1 N–H and O–H groups in total. The van der Waals surface area contributed by atoms with Crippen molar-refractivity contribution in [3.63, 3.8) is 0 Å². The molecular formula is C17H21ClN2O2. The summed E-state index contributed by atoms with van der Waals surface area (Å²) in [6.07, 6.45) is 6.72. The van der Waals surface area contributed by atoms with Gasteiger partial charge in [-0.2, -0.15) is 0 Å². The smallest absolute Gasteiger partial charge is 0.247 e. The molecule has 0 aliphatic carbocycles. The summed E-state index contributed by atoms with van der Waals surface area (Å²) in [7, 11) is 0. The Hall–Kier alpha value is -2.07. The standard InChI is InChI=1S/C17H21ClN2O2/c1-3-5-6-7-17(22)20(4-2)13-16(21)19-12-14-8-10-15(18)11-9-14/h3,5-11H,4,12-13H2,1-2H3,(H,19,21)/b5-3+,7-6+. The first kappa shape index (κ1) is 18.0. The van der Waals surface area contributed by atoms with Crippen molar-refractivity contribution in [3.05, 3.63) is 59.2 Å². The maximum Gasteiger partial charge on any atom is 0.247 e. The van der Waals surface area contributed by atoms with Gasteiger partial charge in [0.25, 0.3) is 0 Å². The lowest BCUT2D eigenvalue weighted by molar-refractivity contribution is -0.132. The summed E-state index contributed by atoms with van der Waals surface area (Å²) in [6.45, 7) is 4.65. The van der Waals surface area contributed by atoms with Crippen molar-refractivity contribution in [2.45, 2.75) is 20.4 Å². The first-order chi connectivity index (χ1) is 10.6. The number of amides is 2. The van der Waals surface area contributed by atoms with Gasteiger partial charge in [0.05, 0.1) is 6.54 Å². The molecule has 0 saturated heterocycles. The molecule has 0 atom stereocenters. The van der Waals surface area contributed by atoms with Gasteiger partial charge < -0.3 is 10.2 Å². The largest absolute Gasteiger partial charge is 0.350 e. The predicted molar refractivity (Wildman–Crippen MR) is 89.5 cm³/mol. The molecule has 118 valence electrons.